The van der Waals surface area contributed by atoms with Crippen LogP contribution in [0.4, 0.5) is 5.82 Å². The van der Waals surface area contributed by atoms with E-state index in [1.807, 2.05) is 23.6 Å². The maximum absolute atomic E-state index is 4.71. The molecule has 1 unspecified atom stereocenters. The molecule has 0 aromatic carbocycles. The third kappa shape index (κ3) is 3.72. The van der Waals surface area contributed by atoms with E-state index in [0.29, 0.717) is 12.0 Å². The number of likely N-dealkylation sites (tertiary alicyclic amines) is 1. The molecule has 2 fully saturated rings. The molecule has 0 spiro atoms. The topological polar surface area (TPSA) is 41.0 Å². The number of anilines is 1. The summed E-state index contributed by atoms with van der Waals surface area (Å²) in [7, 11) is 0. The number of hydrogen-bond acceptors (Lipinski definition) is 5. The number of hydrogen-bond donors (Lipinski definition) is 1. The second kappa shape index (κ2) is 6.57. The Balaban J connectivity index is 1.37. The molecule has 1 saturated heterocycles. The highest BCUT2D eigenvalue weighted by Gasteiger charge is 2.27. The van der Waals surface area contributed by atoms with Gasteiger partial charge in [0.1, 0.15) is 11.6 Å². The zero-order valence-corrected chi connectivity index (χ0v) is 14.5. The van der Waals surface area contributed by atoms with Crippen LogP contribution in [0.25, 0.3) is 0 Å². The average Bonchev–Trinajstić information content (AvgIpc) is 3.33. The lowest BCUT2D eigenvalue weighted by molar-refractivity contribution is 0.210. The largest absolute Gasteiger partial charge is 0.366 e. The molecule has 0 radical (unpaired) electrons. The maximum atomic E-state index is 4.71. The summed E-state index contributed by atoms with van der Waals surface area (Å²) in [5.41, 5.74) is 1.43. The second-order valence-electron chi connectivity index (χ2n) is 6.82. The molecule has 1 atom stereocenters. The Morgan fingerprint density at radius 1 is 1.30 bits per heavy atom. The Hall–Kier alpha value is -1.46. The third-order valence-electron chi connectivity index (χ3n) is 4.81. The standard InChI is InChI=1S/C18H24N4S/c1-13-7-10-23-16(13)12-22-9-2-3-15(11-22)20-17-6-8-19-18(21-17)14-4-5-14/h6-8,10,14-15H,2-5,9,11-12H2,1H3,(H,19,20,21). The van der Waals surface area contributed by atoms with Gasteiger partial charge in [-0.1, -0.05) is 0 Å². The molecule has 1 N–H and O–H groups in total. The smallest absolute Gasteiger partial charge is 0.133 e. The molecule has 2 aromatic heterocycles. The van der Waals surface area contributed by atoms with Crippen molar-refractivity contribution in [3.05, 3.63) is 40.0 Å². The van der Waals surface area contributed by atoms with Crippen molar-refractivity contribution in [2.24, 2.45) is 0 Å². The van der Waals surface area contributed by atoms with Crippen molar-refractivity contribution < 1.29 is 0 Å². The van der Waals surface area contributed by atoms with Gasteiger partial charge in [0.15, 0.2) is 0 Å². The predicted molar refractivity (Wildman–Crippen MR) is 95.0 cm³/mol. The molecular weight excluding hydrogens is 304 g/mol. The van der Waals surface area contributed by atoms with Crippen LogP contribution in [0, 0.1) is 6.92 Å². The molecule has 122 valence electrons. The average molecular weight is 328 g/mol. The molecule has 0 amide bonds. The molecule has 23 heavy (non-hydrogen) atoms. The summed E-state index contributed by atoms with van der Waals surface area (Å²) in [6.07, 6.45) is 6.88. The molecular formula is C18H24N4S. The first-order chi connectivity index (χ1) is 11.3. The summed E-state index contributed by atoms with van der Waals surface area (Å²) in [6.45, 7) is 5.59. The van der Waals surface area contributed by atoms with Gasteiger partial charge in [-0.05, 0) is 62.2 Å². The molecule has 3 heterocycles. The first-order valence-electron chi connectivity index (χ1n) is 8.63. The first-order valence-corrected chi connectivity index (χ1v) is 9.51. The fourth-order valence-electron chi connectivity index (χ4n) is 3.29. The highest BCUT2D eigenvalue weighted by atomic mass is 32.1. The van der Waals surface area contributed by atoms with E-state index in [-0.39, 0.29) is 0 Å². The maximum Gasteiger partial charge on any atom is 0.133 e. The number of nitrogens with zero attached hydrogens (tertiary/aromatic N) is 3. The number of aryl methyl sites for hydroxylation is 1. The molecule has 2 aliphatic rings. The van der Waals surface area contributed by atoms with Gasteiger partial charge in [-0.3, -0.25) is 4.90 Å². The van der Waals surface area contributed by atoms with Gasteiger partial charge in [0.05, 0.1) is 0 Å². The second-order valence-corrected chi connectivity index (χ2v) is 7.82. The highest BCUT2D eigenvalue weighted by Crippen LogP contribution is 2.38. The van der Waals surface area contributed by atoms with Gasteiger partial charge >= 0.3 is 0 Å². The van der Waals surface area contributed by atoms with E-state index < -0.39 is 0 Å². The van der Waals surface area contributed by atoms with Crippen LogP contribution in [0.3, 0.4) is 0 Å². The Kier molecular flexibility index (Phi) is 4.31. The van der Waals surface area contributed by atoms with Gasteiger partial charge in [-0.15, -0.1) is 11.3 Å². The number of thiophene rings is 1. The minimum absolute atomic E-state index is 0.492. The monoisotopic (exact) mass is 328 g/mol. The Morgan fingerprint density at radius 3 is 3.00 bits per heavy atom. The lowest BCUT2D eigenvalue weighted by Gasteiger charge is -2.33. The number of rotatable bonds is 5. The summed E-state index contributed by atoms with van der Waals surface area (Å²) < 4.78 is 0. The van der Waals surface area contributed by atoms with Crippen LogP contribution in [0.15, 0.2) is 23.7 Å². The van der Waals surface area contributed by atoms with Crippen LogP contribution in [0.2, 0.25) is 0 Å². The van der Waals surface area contributed by atoms with E-state index >= 15 is 0 Å². The van der Waals surface area contributed by atoms with Crippen LogP contribution in [-0.2, 0) is 6.54 Å². The zero-order valence-electron chi connectivity index (χ0n) is 13.7. The minimum Gasteiger partial charge on any atom is -0.366 e. The van der Waals surface area contributed by atoms with Crippen molar-refractivity contribution in [1.29, 1.82) is 0 Å². The van der Waals surface area contributed by atoms with Crippen molar-refractivity contribution >= 4 is 17.2 Å². The van der Waals surface area contributed by atoms with Crippen molar-refractivity contribution in [2.45, 2.75) is 51.1 Å². The summed E-state index contributed by atoms with van der Waals surface area (Å²) in [4.78, 5) is 13.2. The number of piperidine rings is 1. The van der Waals surface area contributed by atoms with Crippen molar-refractivity contribution in [1.82, 2.24) is 14.9 Å². The van der Waals surface area contributed by atoms with Gasteiger partial charge in [-0.25, -0.2) is 9.97 Å². The van der Waals surface area contributed by atoms with Gasteiger partial charge in [0.2, 0.25) is 0 Å². The summed E-state index contributed by atoms with van der Waals surface area (Å²) in [5.74, 6) is 2.64. The molecule has 0 bridgehead atoms. The Bertz CT molecular complexity index is 665. The van der Waals surface area contributed by atoms with Gasteiger partial charge in [-0.2, -0.15) is 0 Å². The van der Waals surface area contributed by atoms with E-state index in [2.05, 4.69) is 33.6 Å². The molecule has 2 aromatic rings. The predicted octanol–water partition coefficient (Wildman–Crippen LogP) is 3.80. The summed E-state index contributed by atoms with van der Waals surface area (Å²) in [6, 6.07) is 4.72. The first kappa shape index (κ1) is 15.1. The normalized spacial score (nSPS) is 22.2. The van der Waals surface area contributed by atoms with E-state index in [1.54, 1.807) is 0 Å². The minimum atomic E-state index is 0.492. The van der Waals surface area contributed by atoms with E-state index in [1.165, 1.54) is 42.7 Å². The van der Waals surface area contributed by atoms with Crippen LogP contribution >= 0.6 is 11.3 Å². The quantitative estimate of drug-likeness (QED) is 0.906. The number of aromatic nitrogens is 2. The third-order valence-corrected chi connectivity index (χ3v) is 5.82. The Labute approximate surface area is 142 Å². The fraction of sp³-hybridized carbons (Fsp3) is 0.556. The lowest BCUT2D eigenvalue weighted by atomic mass is 10.1. The van der Waals surface area contributed by atoms with Crippen molar-refractivity contribution in [3.63, 3.8) is 0 Å². The lowest BCUT2D eigenvalue weighted by Crippen LogP contribution is -2.41. The molecule has 1 saturated carbocycles. The zero-order chi connectivity index (χ0) is 15.6. The van der Waals surface area contributed by atoms with E-state index in [9.17, 15) is 0 Å². The van der Waals surface area contributed by atoms with Gasteiger partial charge < -0.3 is 5.32 Å². The summed E-state index contributed by atoms with van der Waals surface area (Å²) >= 11 is 1.88. The molecule has 5 heteroatoms. The molecule has 1 aliphatic heterocycles. The Morgan fingerprint density at radius 2 is 2.22 bits per heavy atom. The van der Waals surface area contributed by atoms with Crippen LogP contribution in [0.1, 0.15) is 47.9 Å². The van der Waals surface area contributed by atoms with Crippen LogP contribution < -0.4 is 5.32 Å². The van der Waals surface area contributed by atoms with Gasteiger partial charge in [0.25, 0.3) is 0 Å². The van der Waals surface area contributed by atoms with Gasteiger partial charge in [0, 0.05) is 36.1 Å². The van der Waals surface area contributed by atoms with E-state index in [0.717, 1.165) is 24.7 Å². The molecule has 1 aliphatic carbocycles. The van der Waals surface area contributed by atoms with Crippen molar-refractivity contribution in [2.75, 3.05) is 18.4 Å². The van der Waals surface area contributed by atoms with Crippen LogP contribution in [-0.4, -0.2) is 34.0 Å². The SMILES string of the molecule is Cc1ccsc1CN1CCCC(Nc2ccnc(C3CC3)n2)C1. The van der Waals surface area contributed by atoms with Crippen LogP contribution in [0.5, 0.6) is 0 Å². The van der Waals surface area contributed by atoms with E-state index in [4.69, 9.17) is 4.98 Å². The molecule has 4 rings (SSSR count). The highest BCUT2D eigenvalue weighted by molar-refractivity contribution is 7.10. The summed E-state index contributed by atoms with van der Waals surface area (Å²) in [5, 5.41) is 5.84. The fourth-order valence-corrected chi connectivity index (χ4v) is 4.24. The molecule has 4 nitrogen and oxygen atoms in total. The number of nitrogens with one attached hydrogen (secondary N) is 1. The van der Waals surface area contributed by atoms with Crippen molar-refractivity contribution in [3.8, 4) is 0 Å².